The van der Waals surface area contributed by atoms with Crippen molar-refractivity contribution in [3.05, 3.63) is 23.8 Å². The third kappa shape index (κ3) is 3.26. The number of rotatable bonds is 2. The summed E-state index contributed by atoms with van der Waals surface area (Å²) in [6.45, 7) is 8.26. The molecule has 0 aromatic heterocycles. The average Bonchev–Trinajstić information content (AvgIpc) is 2.21. The Labute approximate surface area is 86.5 Å². The molecule has 0 heterocycles. The second kappa shape index (κ2) is 6.27. The first-order valence-electron chi connectivity index (χ1n) is 5.01. The molecule has 1 aromatic carbocycles. The predicted molar refractivity (Wildman–Crippen MR) is 64.1 cm³/mol. The van der Waals surface area contributed by atoms with Crippen LogP contribution in [0.4, 0.5) is 11.4 Å². The fourth-order valence-electron chi connectivity index (χ4n) is 1.06. The molecular weight excluding hydrogens is 174 g/mol. The van der Waals surface area contributed by atoms with E-state index in [9.17, 15) is 0 Å². The summed E-state index contributed by atoms with van der Waals surface area (Å²) >= 11 is 0. The molecule has 3 heteroatoms. The van der Waals surface area contributed by atoms with E-state index in [1.54, 1.807) is 0 Å². The first kappa shape index (κ1) is 12.8. The summed E-state index contributed by atoms with van der Waals surface area (Å²) in [5.41, 5.74) is 10.9. The molecular formula is C11H21N3. The summed E-state index contributed by atoms with van der Waals surface area (Å²) < 4.78 is 0. The number of hydrogen-bond donors (Lipinski definition) is 3. The fourth-order valence-corrected chi connectivity index (χ4v) is 1.06. The van der Waals surface area contributed by atoms with E-state index >= 15 is 0 Å². The van der Waals surface area contributed by atoms with Crippen molar-refractivity contribution in [2.24, 2.45) is 5.84 Å². The normalized spacial score (nSPS) is 9.29. The maximum Gasteiger partial charge on any atom is 0.0718 e. The van der Waals surface area contributed by atoms with Crippen molar-refractivity contribution >= 4 is 11.4 Å². The number of hydrogen-bond acceptors (Lipinski definition) is 3. The van der Waals surface area contributed by atoms with E-state index in [1.807, 2.05) is 32.0 Å². The first-order chi connectivity index (χ1) is 6.65. The van der Waals surface area contributed by atoms with Crippen LogP contribution >= 0.6 is 0 Å². The van der Waals surface area contributed by atoms with Crippen molar-refractivity contribution in [2.45, 2.75) is 33.6 Å². The average molecular weight is 195 g/mol. The Bertz CT molecular complexity index is 269. The number of benzene rings is 1. The molecule has 0 aliphatic rings. The smallest absolute Gasteiger partial charge is 0.0718 e. The summed E-state index contributed by atoms with van der Waals surface area (Å²) in [5.74, 6) is 5.79. The highest BCUT2D eigenvalue weighted by Crippen LogP contribution is 2.23. The minimum atomic E-state index is 0.498. The van der Waals surface area contributed by atoms with Gasteiger partial charge in [-0.3, -0.25) is 5.84 Å². The van der Waals surface area contributed by atoms with Crippen molar-refractivity contribution in [1.29, 1.82) is 0 Å². The molecule has 0 unspecified atom stereocenters. The van der Waals surface area contributed by atoms with E-state index in [-0.39, 0.29) is 0 Å². The number of anilines is 2. The van der Waals surface area contributed by atoms with Gasteiger partial charge in [-0.25, -0.2) is 0 Å². The van der Waals surface area contributed by atoms with Crippen molar-refractivity contribution in [3.8, 4) is 0 Å². The molecule has 14 heavy (non-hydrogen) atoms. The Morgan fingerprint density at radius 1 is 1.21 bits per heavy atom. The highest BCUT2D eigenvalue weighted by molar-refractivity contribution is 5.66. The number of nitrogen functional groups attached to an aromatic ring is 2. The van der Waals surface area contributed by atoms with Crippen LogP contribution in [0, 0.1) is 0 Å². The summed E-state index contributed by atoms with van der Waals surface area (Å²) in [4.78, 5) is 0. The van der Waals surface area contributed by atoms with Gasteiger partial charge in [-0.2, -0.15) is 0 Å². The molecule has 0 aliphatic carbocycles. The quantitative estimate of drug-likeness (QED) is 0.386. The first-order valence-corrected chi connectivity index (χ1v) is 5.01. The Kier molecular flexibility index (Phi) is 5.72. The number of hydrazine groups is 1. The lowest BCUT2D eigenvalue weighted by atomic mass is 10.0. The zero-order valence-corrected chi connectivity index (χ0v) is 9.46. The lowest BCUT2D eigenvalue weighted by Crippen LogP contribution is -2.09. The second-order valence-electron chi connectivity index (χ2n) is 3.15. The van der Waals surface area contributed by atoms with Crippen LogP contribution in [-0.4, -0.2) is 0 Å². The third-order valence-corrected chi connectivity index (χ3v) is 1.90. The van der Waals surface area contributed by atoms with Gasteiger partial charge in [0.1, 0.15) is 0 Å². The molecule has 0 saturated carbocycles. The molecule has 5 N–H and O–H groups in total. The van der Waals surface area contributed by atoms with E-state index in [0.717, 1.165) is 5.69 Å². The summed E-state index contributed by atoms with van der Waals surface area (Å²) in [6.07, 6.45) is 0. The standard InChI is InChI=1S/C9H15N3.C2H6/c1-6(2)7-3-4-8(10)9(5-7)12-11;1-2/h3-6,12H,10-11H2,1-2H3;1-2H3. The van der Waals surface area contributed by atoms with Crippen molar-refractivity contribution in [1.82, 2.24) is 0 Å². The second-order valence-corrected chi connectivity index (χ2v) is 3.15. The molecule has 0 fully saturated rings. The van der Waals surface area contributed by atoms with E-state index in [1.165, 1.54) is 5.56 Å². The highest BCUT2D eigenvalue weighted by Gasteiger charge is 2.02. The zero-order chi connectivity index (χ0) is 11.1. The number of nitrogens with one attached hydrogen (secondary N) is 1. The SMILES string of the molecule is CC.CC(C)c1ccc(N)c(NN)c1. The molecule has 0 spiro atoms. The predicted octanol–water partition coefficient (Wildman–Crippen LogP) is 2.70. The van der Waals surface area contributed by atoms with Crippen LogP contribution < -0.4 is 17.0 Å². The van der Waals surface area contributed by atoms with Crippen molar-refractivity contribution in [2.75, 3.05) is 11.2 Å². The van der Waals surface area contributed by atoms with Gasteiger partial charge in [0.15, 0.2) is 0 Å². The van der Waals surface area contributed by atoms with Crippen molar-refractivity contribution < 1.29 is 0 Å². The molecule has 3 nitrogen and oxygen atoms in total. The Morgan fingerprint density at radius 2 is 1.79 bits per heavy atom. The topological polar surface area (TPSA) is 64.1 Å². The fraction of sp³-hybridized carbons (Fsp3) is 0.455. The van der Waals surface area contributed by atoms with E-state index in [2.05, 4.69) is 19.3 Å². The van der Waals surface area contributed by atoms with Crippen LogP contribution in [-0.2, 0) is 0 Å². The monoisotopic (exact) mass is 195 g/mol. The van der Waals surface area contributed by atoms with E-state index in [0.29, 0.717) is 11.6 Å². The van der Waals surface area contributed by atoms with Crippen LogP contribution in [0.3, 0.4) is 0 Å². The van der Waals surface area contributed by atoms with Gasteiger partial charge < -0.3 is 11.2 Å². The molecule has 1 aromatic rings. The van der Waals surface area contributed by atoms with Gasteiger partial charge in [-0.1, -0.05) is 33.8 Å². The van der Waals surface area contributed by atoms with Gasteiger partial charge >= 0.3 is 0 Å². The van der Waals surface area contributed by atoms with E-state index in [4.69, 9.17) is 11.6 Å². The minimum Gasteiger partial charge on any atom is -0.397 e. The third-order valence-electron chi connectivity index (χ3n) is 1.90. The van der Waals surface area contributed by atoms with Gasteiger partial charge in [-0.05, 0) is 23.6 Å². The van der Waals surface area contributed by atoms with Gasteiger partial charge in [0.25, 0.3) is 0 Å². The molecule has 1 rings (SSSR count). The van der Waals surface area contributed by atoms with Crippen LogP contribution in [0.2, 0.25) is 0 Å². The van der Waals surface area contributed by atoms with Gasteiger partial charge in [-0.15, -0.1) is 0 Å². The van der Waals surface area contributed by atoms with Crippen LogP contribution in [0.5, 0.6) is 0 Å². The van der Waals surface area contributed by atoms with E-state index < -0.39 is 0 Å². The summed E-state index contributed by atoms with van der Waals surface area (Å²) in [6, 6.07) is 5.85. The molecule has 80 valence electrons. The molecule has 0 amide bonds. The Morgan fingerprint density at radius 3 is 2.21 bits per heavy atom. The van der Waals surface area contributed by atoms with Crippen LogP contribution in [0.1, 0.15) is 39.2 Å². The maximum atomic E-state index is 5.66. The number of nitrogens with two attached hydrogens (primary N) is 2. The lowest BCUT2D eigenvalue weighted by molar-refractivity contribution is 0.867. The van der Waals surface area contributed by atoms with Gasteiger partial charge in [0.2, 0.25) is 0 Å². The van der Waals surface area contributed by atoms with Crippen LogP contribution in [0.15, 0.2) is 18.2 Å². The molecule has 0 radical (unpaired) electrons. The minimum absolute atomic E-state index is 0.498. The van der Waals surface area contributed by atoms with Gasteiger partial charge in [0, 0.05) is 0 Å². The summed E-state index contributed by atoms with van der Waals surface area (Å²) in [5, 5.41) is 0. The Hall–Kier alpha value is -1.22. The zero-order valence-electron chi connectivity index (χ0n) is 9.46. The van der Waals surface area contributed by atoms with Crippen LogP contribution in [0.25, 0.3) is 0 Å². The lowest BCUT2D eigenvalue weighted by Gasteiger charge is -2.09. The van der Waals surface area contributed by atoms with Gasteiger partial charge in [0.05, 0.1) is 11.4 Å². The molecule has 0 atom stereocenters. The molecule has 0 aliphatic heterocycles. The largest absolute Gasteiger partial charge is 0.397 e. The van der Waals surface area contributed by atoms with Crippen molar-refractivity contribution in [3.63, 3.8) is 0 Å². The maximum absolute atomic E-state index is 5.66. The molecule has 0 bridgehead atoms. The molecule has 0 saturated heterocycles. The highest BCUT2D eigenvalue weighted by atomic mass is 15.2. The summed E-state index contributed by atoms with van der Waals surface area (Å²) in [7, 11) is 0. The Balaban J connectivity index is 0.000000791.